The summed E-state index contributed by atoms with van der Waals surface area (Å²) < 4.78 is 10.9. The number of hydrogen-bond acceptors (Lipinski definition) is 5. The highest BCUT2D eigenvalue weighted by molar-refractivity contribution is 5.96. The largest absolute Gasteiger partial charge is 0.477 e. The zero-order valence-electron chi connectivity index (χ0n) is 13.6. The SMILES string of the molecule is CC(C)COCC(NC(=O)c1ccnc(C(=O)O)c1)c1ccco1. The second-order valence-electron chi connectivity index (χ2n) is 5.71. The minimum atomic E-state index is -1.19. The third-order valence-electron chi connectivity index (χ3n) is 3.17. The Morgan fingerprint density at radius 3 is 2.75 bits per heavy atom. The number of carbonyl (C=O) groups excluding carboxylic acids is 1. The average Bonchev–Trinajstić information content (AvgIpc) is 3.08. The predicted molar refractivity (Wildman–Crippen MR) is 85.8 cm³/mol. The second-order valence-corrected chi connectivity index (χ2v) is 5.71. The topological polar surface area (TPSA) is 102 Å². The number of aromatic carboxylic acids is 1. The maximum absolute atomic E-state index is 12.4. The Balaban J connectivity index is 2.09. The Labute approximate surface area is 139 Å². The van der Waals surface area contributed by atoms with Crippen LogP contribution < -0.4 is 5.32 Å². The van der Waals surface area contributed by atoms with Gasteiger partial charge in [-0.25, -0.2) is 9.78 Å². The highest BCUT2D eigenvalue weighted by Crippen LogP contribution is 2.15. The number of aromatic nitrogens is 1. The zero-order valence-corrected chi connectivity index (χ0v) is 13.6. The standard InChI is InChI=1S/C17H20N2O5/c1-11(2)9-23-10-14(15-4-3-7-24-15)19-16(20)12-5-6-18-13(8-12)17(21)22/h3-8,11,14H,9-10H2,1-2H3,(H,19,20)(H,21,22). The van der Waals surface area contributed by atoms with E-state index in [0.717, 1.165) is 0 Å². The van der Waals surface area contributed by atoms with Crippen molar-refractivity contribution in [2.75, 3.05) is 13.2 Å². The molecule has 0 aromatic carbocycles. The Bertz CT molecular complexity index is 682. The van der Waals surface area contributed by atoms with E-state index in [-0.39, 0.29) is 17.9 Å². The molecular formula is C17H20N2O5. The van der Waals surface area contributed by atoms with Crippen molar-refractivity contribution in [1.82, 2.24) is 10.3 Å². The molecule has 2 heterocycles. The van der Waals surface area contributed by atoms with Crippen LogP contribution in [0.25, 0.3) is 0 Å². The van der Waals surface area contributed by atoms with E-state index in [4.69, 9.17) is 14.3 Å². The van der Waals surface area contributed by atoms with Gasteiger partial charge in [-0.05, 0) is 30.2 Å². The van der Waals surface area contributed by atoms with Gasteiger partial charge in [0.05, 0.1) is 12.9 Å². The van der Waals surface area contributed by atoms with Crippen LogP contribution in [0, 0.1) is 5.92 Å². The van der Waals surface area contributed by atoms with Gasteiger partial charge in [0.25, 0.3) is 5.91 Å². The van der Waals surface area contributed by atoms with E-state index < -0.39 is 17.9 Å². The second kappa shape index (κ2) is 8.26. The quantitative estimate of drug-likeness (QED) is 0.770. The van der Waals surface area contributed by atoms with Crippen LogP contribution in [-0.2, 0) is 4.74 Å². The van der Waals surface area contributed by atoms with Gasteiger partial charge in [-0.15, -0.1) is 0 Å². The molecule has 7 nitrogen and oxygen atoms in total. The molecule has 0 aliphatic carbocycles. The van der Waals surface area contributed by atoms with Crippen molar-refractivity contribution >= 4 is 11.9 Å². The lowest BCUT2D eigenvalue weighted by Crippen LogP contribution is -2.32. The summed E-state index contributed by atoms with van der Waals surface area (Å²) in [4.78, 5) is 27.1. The third kappa shape index (κ3) is 4.92. The number of nitrogens with zero attached hydrogens (tertiary/aromatic N) is 1. The molecule has 2 rings (SSSR count). The summed E-state index contributed by atoms with van der Waals surface area (Å²) in [5, 5.41) is 11.8. The fourth-order valence-corrected chi connectivity index (χ4v) is 2.04. The summed E-state index contributed by atoms with van der Waals surface area (Å²) in [5.74, 6) is -0.669. The molecule has 7 heteroatoms. The fourth-order valence-electron chi connectivity index (χ4n) is 2.04. The zero-order chi connectivity index (χ0) is 17.5. The number of carbonyl (C=O) groups is 2. The Morgan fingerprint density at radius 1 is 1.33 bits per heavy atom. The molecule has 128 valence electrons. The fraction of sp³-hybridized carbons (Fsp3) is 0.353. The van der Waals surface area contributed by atoms with Crippen molar-refractivity contribution in [2.24, 2.45) is 5.92 Å². The molecule has 0 spiro atoms. The monoisotopic (exact) mass is 332 g/mol. The molecule has 0 saturated heterocycles. The van der Waals surface area contributed by atoms with Crippen LogP contribution in [0.1, 0.15) is 46.5 Å². The van der Waals surface area contributed by atoms with Gasteiger partial charge in [-0.1, -0.05) is 13.8 Å². The number of furan rings is 1. The van der Waals surface area contributed by atoms with E-state index in [1.807, 2.05) is 13.8 Å². The Kier molecular flexibility index (Phi) is 6.08. The van der Waals surface area contributed by atoms with Gasteiger partial charge in [-0.3, -0.25) is 4.79 Å². The summed E-state index contributed by atoms with van der Waals surface area (Å²) >= 11 is 0. The molecule has 0 fully saturated rings. The molecule has 0 aliphatic rings. The van der Waals surface area contributed by atoms with E-state index >= 15 is 0 Å². The maximum Gasteiger partial charge on any atom is 0.354 e. The van der Waals surface area contributed by atoms with Gasteiger partial charge >= 0.3 is 5.97 Å². The molecule has 0 aliphatic heterocycles. The molecule has 0 radical (unpaired) electrons. The van der Waals surface area contributed by atoms with Crippen LogP contribution in [0.15, 0.2) is 41.1 Å². The highest BCUT2D eigenvalue weighted by Gasteiger charge is 2.19. The van der Waals surface area contributed by atoms with E-state index in [2.05, 4.69) is 10.3 Å². The number of hydrogen-bond donors (Lipinski definition) is 2. The smallest absolute Gasteiger partial charge is 0.354 e. The van der Waals surface area contributed by atoms with Crippen LogP contribution in [0.5, 0.6) is 0 Å². The lowest BCUT2D eigenvalue weighted by Gasteiger charge is -2.18. The number of carboxylic acid groups (broad SMARTS) is 1. The van der Waals surface area contributed by atoms with Crippen molar-refractivity contribution in [1.29, 1.82) is 0 Å². The first-order valence-electron chi connectivity index (χ1n) is 7.58. The van der Waals surface area contributed by atoms with Gasteiger partial charge < -0.3 is 19.6 Å². The lowest BCUT2D eigenvalue weighted by molar-refractivity contribution is 0.0690. The van der Waals surface area contributed by atoms with Gasteiger partial charge in [0.1, 0.15) is 17.5 Å². The Morgan fingerprint density at radius 2 is 2.12 bits per heavy atom. The molecule has 2 N–H and O–H groups in total. The summed E-state index contributed by atoms with van der Waals surface area (Å²) in [7, 11) is 0. The summed E-state index contributed by atoms with van der Waals surface area (Å²) in [6, 6.07) is 5.69. The normalized spacial score (nSPS) is 12.1. The minimum absolute atomic E-state index is 0.187. The lowest BCUT2D eigenvalue weighted by atomic mass is 10.1. The number of carboxylic acids is 1. The summed E-state index contributed by atoms with van der Waals surface area (Å²) in [5.41, 5.74) is 0.0241. The van der Waals surface area contributed by atoms with Crippen molar-refractivity contribution in [3.05, 3.63) is 53.7 Å². The third-order valence-corrected chi connectivity index (χ3v) is 3.17. The van der Waals surface area contributed by atoms with Gasteiger partial charge in [0, 0.05) is 18.4 Å². The van der Waals surface area contributed by atoms with Crippen molar-refractivity contribution in [3.63, 3.8) is 0 Å². The number of pyridine rings is 1. The molecule has 1 amide bonds. The molecule has 1 unspecified atom stereocenters. The van der Waals surface area contributed by atoms with E-state index in [9.17, 15) is 9.59 Å². The molecule has 1 atom stereocenters. The molecule has 24 heavy (non-hydrogen) atoms. The van der Waals surface area contributed by atoms with Crippen molar-refractivity contribution in [2.45, 2.75) is 19.9 Å². The first-order valence-corrected chi connectivity index (χ1v) is 7.58. The minimum Gasteiger partial charge on any atom is -0.477 e. The maximum atomic E-state index is 12.4. The molecular weight excluding hydrogens is 312 g/mol. The van der Waals surface area contributed by atoms with E-state index in [1.54, 1.807) is 12.1 Å². The van der Waals surface area contributed by atoms with Crippen LogP contribution >= 0.6 is 0 Å². The first kappa shape index (κ1) is 17.7. The molecule has 2 aromatic rings. The van der Waals surface area contributed by atoms with Gasteiger partial charge in [0.15, 0.2) is 0 Å². The van der Waals surface area contributed by atoms with Crippen molar-refractivity contribution in [3.8, 4) is 0 Å². The van der Waals surface area contributed by atoms with E-state index in [0.29, 0.717) is 18.3 Å². The number of amides is 1. The number of ether oxygens (including phenoxy) is 1. The van der Waals surface area contributed by atoms with Gasteiger partial charge in [-0.2, -0.15) is 0 Å². The average molecular weight is 332 g/mol. The Hall–Kier alpha value is -2.67. The molecule has 2 aromatic heterocycles. The van der Waals surface area contributed by atoms with Crippen LogP contribution in [-0.4, -0.2) is 35.2 Å². The number of rotatable bonds is 8. The summed E-state index contributed by atoms with van der Waals surface area (Å²) in [6.45, 7) is 4.88. The predicted octanol–water partition coefficient (Wildman–Crippen LogP) is 2.52. The molecule has 0 bridgehead atoms. The number of nitrogens with one attached hydrogen (secondary N) is 1. The summed E-state index contributed by atoms with van der Waals surface area (Å²) in [6.07, 6.45) is 2.81. The van der Waals surface area contributed by atoms with Crippen molar-refractivity contribution < 1.29 is 23.8 Å². The highest BCUT2D eigenvalue weighted by atomic mass is 16.5. The van der Waals surface area contributed by atoms with Crippen LogP contribution in [0.4, 0.5) is 0 Å². The van der Waals surface area contributed by atoms with Crippen LogP contribution in [0.2, 0.25) is 0 Å². The van der Waals surface area contributed by atoms with E-state index in [1.165, 1.54) is 24.6 Å². The molecule has 0 saturated carbocycles. The van der Waals surface area contributed by atoms with Crippen LogP contribution in [0.3, 0.4) is 0 Å². The first-order chi connectivity index (χ1) is 11.5. The van der Waals surface area contributed by atoms with Gasteiger partial charge in [0.2, 0.25) is 0 Å².